The molecule has 0 bridgehead atoms. The molecule has 156 valence electrons. The van der Waals surface area contributed by atoms with Gasteiger partial charge >= 0.3 is 0 Å². The zero-order valence-corrected chi connectivity index (χ0v) is 16.8. The molecule has 0 spiro atoms. The molecule has 1 atom stereocenters. The fourth-order valence-corrected chi connectivity index (χ4v) is 3.64. The smallest absolute Gasteiger partial charge is 0.252 e. The van der Waals surface area contributed by atoms with E-state index in [0.29, 0.717) is 43.0 Å². The molecule has 1 saturated heterocycles. The van der Waals surface area contributed by atoms with Crippen LogP contribution in [0.2, 0.25) is 0 Å². The highest BCUT2D eigenvalue weighted by Gasteiger charge is 2.44. The number of carbonyl (C=O) groups is 1. The Bertz CT molecular complexity index is 1190. The minimum Gasteiger partial charge on any atom is -0.471 e. The van der Waals surface area contributed by atoms with E-state index in [0.717, 1.165) is 22.9 Å². The number of ether oxygens (including phenoxy) is 2. The van der Waals surface area contributed by atoms with Gasteiger partial charge in [0.15, 0.2) is 0 Å². The number of nitrogen functional groups attached to an aromatic ring is 1. The first-order valence-corrected chi connectivity index (χ1v) is 10.2. The monoisotopic (exact) mass is 415 g/mol. The molecule has 0 unspecified atom stereocenters. The molecule has 31 heavy (non-hydrogen) atoms. The Labute approximate surface area is 179 Å². The second-order valence-electron chi connectivity index (χ2n) is 7.95. The number of fused-ring (bicyclic) bond motifs is 1. The van der Waals surface area contributed by atoms with Gasteiger partial charge in [-0.25, -0.2) is 4.98 Å². The number of nitriles is 1. The lowest BCUT2D eigenvalue weighted by Gasteiger charge is -2.14. The van der Waals surface area contributed by atoms with Crippen molar-refractivity contribution < 1.29 is 14.3 Å². The Kier molecular flexibility index (Phi) is 4.68. The minimum absolute atomic E-state index is 0.0536. The predicted molar refractivity (Wildman–Crippen MR) is 114 cm³/mol. The maximum absolute atomic E-state index is 12.4. The largest absolute Gasteiger partial charge is 0.471 e. The molecule has 1 aliphatic heterocycles. The van der Waals surface area contributed by atoms with Crippen LogP contribution < -0.4 is 15.8 Å². The number of nitrogens with zero attached hydrogens (tertiary/aromatic N) is 3. The summed E-state index contributed by atoms with van der Waals surface area (Å²) in [7, 11) is 0. The average molecular weight is 415 g/mol. The van der Waals surface area contributed by atoms with Crippen molar-refractivity contribution in [3.05, 3.63) is 48.0 Å². The molecular formula is C23H21N5O3. The molecule has 2 fully saturated rings. The molecule has 2 heterocycles. The number of nitrogens with two attached hydrogens (primary N) is 1. The lowest BCUT2D eigenvalue weighted by atomic mass is 10.0. The highest BCUT2D eigenvalue weighted by Crippen LogP contribution is 2.35. The van der Waals surface area contributed by atoms with Crippen LogP contribution in [0, 0.1) is 11.3 Å². The summed E-state index contributed by atoms with van der Waals surface area (Å²) in [5, 5.41) is 12.7. The second-order valence-corrected chi connectivity index (χ2v) is 7.95. The molecule has 1 saturated carbocycles. The molecule has 0 radical (unpaired) electrons. The van der Waals surface area contributed by atoms with Gasteiger partial charge in [-0.1, -0.05) is 18.2 Å². The molecular weight excluding hydrogens is 394 g/mol. The number of benzene rings is 2. The van der Waals surface area contributed by atoms with Gasteiger partial charge in [-0.2, -0.15) is 10.2 Å². The Morgan fingerprint density at radius 1 is 1.19 bits per heavy atom. The van der Waals surface area contributed by atoms with E-state index in [2.05, 4.69) is 21.4 Å². The summed E-state index contributed by atoms with van der Waals surface area (Å²) in [5.41, 5.74) is 8.28. The summed E-state index contributed by atoms with van der Waals surface area (Å²) in [6.07, 6.45) is 2.16. The van der Waals surface area contributed by atoms with Crippen LogP contribution in [0.4, 0.5) is 5.95 Å². The van der Waals surface area contributed by atoms with Crippen molar-refractivity contribution in [2.75, 3.05) is 18.9 Å². The molecule has 3 N–H and O–H groups in total. The molecule has 2 aromatic carbocycles. The Morgan fingerprint density at radius 3 is 2.65 bits per heavy atom. The van der Waals surface area contributed by atoms with Crippen molar-refractivity contribution in [2.24, 2.45) is 0 Å². The van der Waals surface area contributed by atoms with Crippen molar-refractivity contribution in [2.45, 2.75) is 30.9 Å². The van der Waals surface area contributed by atoms with E-state index in [1.54, 1.807) is 12.1 Å². The maximum Gasteiger partial charge on any atom is 0.252 e. The summed E-state index contributed by atoms with van der Waals surface area (Å²) in [4.78, 5) is 21.0. The summed E-state index contributed by atoms with van der Waals surface area (Å²) in [6, 6.07) is 15.2. The molecule has 1 amide bonds. The van der Waals surface area contributed by atoms with Gasteiger partial charge in [-0.3, -0.25) is 4.79 Å². The molecule has 2 aliphatic rings. The van der Waals surface area contributed by atoms with E-state index >= 15 is 0 Å². The number of carbonyl (C=O) groups excluding carboxylic acids is 1. The van der Waals surface area contributed by atoms with Gasteiger partial charge in [-0.15, -0.1) is 0 Å². The van der Waals surface area contributed by atoms with Crippen LogP contribution in [0.3, 0.4) is 0 Å². The Balaban J connectivity index is 1.42. The molecule has 1 aliphatic carbocycles. The van der Waals surface area contributed by atoms with Crippen LogP contribution in [-0.4, -0.2) is 40.7 Å². The van der Waals surface area contributed by atoms with E-state index in [1.807, 2.05) is 30.3 Å². The summed E-state index contributed by atoms with van der Waals surface area (Å²) < 4.78 is 11.4. The first-order chi connectivity index (χ1) is 15.0. The van der Waals surface area contributed by atoms with Gasteiger partial charge in [0.1, 0.15) is 11.6 Å². The zero-order chi connectivity index (χ0) is 21.4. The van der Waals surface area contributed by atoms with Gasteiger partial charge in [0.05, 0.1) is 30.2 Å². The Hall–Kier alpha value is -3.70. The highest BCUT2D eigenvalue weighted by atomic mass is 16.5. The van der Waals surface area contributed by atoms with E-state index in [4.69, 9.17) is 20.5 Å². The number of amides is 1. The predicted octanol–water partition coefficient (Wildman–Crippen LogP) is 2.83. The van der Waals surface area contributed by atoms with E-state index in [9.17, 15) is 4.79 Å². The summed E-state index contributed by atoms with van der Waals surface area (Å²) >= 11 is 0. The third kappa shape index (κ3) is 3.88. The van der Waals surface area contributed by atoms with Gasteiger partial charge < -0.3 is 20.5 Å². The van der Waals surface area contributed by atoms with Crippen molar-refractivity contribution in [1.82, 2.24) is 15.3 Å². The second kappa shape index (κ2) is 7.52. The van der Waals surface area contributed by atoms with Gasteiger partial charge in [-0.05, 0) is 48.2 Å². The van der Waals surface area contributed by atoms with E-state index in [-0.39, 0.29) is 18.0 Å². The standard InChI is InChI=1S/C23H21N5O3/c24-13-23(8-9-23)28-20(29)15-3-1-14(2-4-15)16-5-6-19-18(11-16)21(27-22(25)26-19)31-17-7-10-30-12-17/h1-6,11,17H,7-10,12H2,(H,28,29)(H2,25,26,27)/t17-/m1/s1. The zero-order valence-electron chi connectivity index (χ0n) is 16.8. The lowest BCUT2D eigenvalue weighted by Crippen LogP contribution is -2.35. The Morgan fingerprint density at radius 2 is 1.97 bits per heavy atom. The van der Waals surface area contributed by atoms with Crippen LogP contribution in [0.5, 0.6) is 5.88 Å². The van der Waals surface area contributed by atoms with Crippen LogP contribution in [0.25, 0.3) is 22.0 Å². The van der Waals surface area contributed by atoms with Crippen molar-refractivity contribution in [3.8, 4) is 23.1 Å². The first kappa shape index (κ1) is 19.3. The topological polar surface area (TPSA) is 123 Å². The van der Waals surface area contributed by atoms with Crippen LogP contribution >= 0.6 is 0 Å². The first-order valence-electron chi connectivity index (χ1n) is 10.2. The molecule has 1 aromatic heterocycles. The van der Waals surface area contributed by atoms with Gasteiger partial charge in [0.2, 0.25) is 11.8 Å². The third-order valence-electron chi connectivity index (χ3n) is 5.64. The van der Waals surface area contributed by atoms with Crippen LogP contribution in [0.1, 0.15) is 29.6 Å². The van der Waals surface area contributed by atoms with Crippen molar-refractivity contribution in [3.63, 3.8) is 0 Å². The van der Waals surface area contributed by atoms with Crippen molar-refractivity contribution in [1.29, 1.82) is 5.26 Å². The van der Waals surface area contributed by atoms with Crippen LogP contribution in [0.15, 0.2) is 42.5 Å². The number of rotatable bonds is 5. The van der Waals surface area contributed by atoms with E-state index in [1.165, 1.54) is 0 Å². The number of anilines is 1. The summed E-state index contributed by atoms with van der Waals surface area (Å²) in [5.74, 6) is 0.375. The maximum atomic E-state index is 12.4. The fraction of sp³-hybridized carbons (Fsp3) is 0.304. The third-order valence-corrected chi connectivity index (χ3v) is 5.64. The van der Waals surface area contributed by atoms with Crippen LogP contribution in [-0.2, 0) is 4.74 Å². The van der Waals surface area contributed by atoms with Gasteiger partial charge in [0.25, 0.3) is 5.91 Å². The normalized spacial score (nSPS) is 19.0. The molecule has 8 heteroatoms. The fourth-order valence-electron chi connectivity index (χ4n) is 3.64. The molecule has 5 rings (SSSR count). The lowest BCUT2D eigenvalue weighted by molar-refractivity contribution is 0.0941. The van der Waals surface area contributed by atoms with Gasteiger partial charge in [0, 0.05) is 12.0 Å². The number of aromatic nitrogens is 2. The quantitative estimate of drug-likeness (QED) is 0.657. The minimum atomic E-state index is -0.684. The summed E-state index contributed by atoms with van der Waals surface area (Å²) in [6.45, 7) is 1.20. The number of hydrogen-bond acceptors (Lipinski definition) is 7. The van der Waals surface area contributed by atoms with Crippen molar-refractivity contribution >= 4 is 22.8 Å². The molecule has 3 aromatic rings. The SMILES string of the molecule is N#CC1(NC(=O)c2ccc(-c3ccc4nc(N)nc(O[C@@H]5CCOC5)c4c3)cc2)CC1. The highest BCUT2D eigenvalue weighted by molar-refractivity contribution is 5.96. The number of hydrogen-bond donors (Lipinski definition) is 2. The number of nitrogens with one attached hydrogen (secondary N) is 1. The molecule has 8 nitrogen and oxygen atoms in total. The van der Waals surface area contributed by atoms with E-state index < -0.39 is 5.54 Å². The average Bonchev–Trinajstić information content (AvgIpc) is 3.36.